The number of carbonyl (C=O) groups is 1. The average molecular weight is 290 g/mol. The van der Waals surface area contributed by atoms with Gasteiger partial charge in [0.05, 0.1) is 0 Å². The van der Waals surface area contributed by atoms with Gasteiger partial charge >= 0.3 is 6.03 Å². The predicted octanol–water partition coefficient (Wildman–Crippen LogP) is 2.47. The molecule has 0 spiro atoms. The van der Waals surface area contributed by atoms with Crippen molar-refractivity contribution in [2.45, 2.75) is 44.6 Å². The third kappa shape index (κ3) is 5.38. The fourth-order valence-electron chi connectivity index (χ4n) is 3.06. The Morgan fingerprint density at radius 1 is 1.24 bits per heavy atom. The van der Waals surface area contributed by atoms with Crippen LogP contribution in [0.25, 0.3) is 0 Å². The molecule has 1 aliphatic carbocycles. The summed E-state index contributed by atoms with van der Waals surface area (Å²) in [4.78, 5) is 12.0. The predicted molar refractivity (Wildman–Crippen MR) is 84.1 cm³/mol. The van der Waals surface area contributed by atoms with Crippen LogP contribution in [0, 0.1) is 5.92 Å². The molecule has 4 nitrogen and oxygen atoms in total. The van der Waals surface area contributed by atoms with Crippen LogP contribution in [0.3, 0.4) is 0 Å². The van der Waals surface area contributed by atoms with Crippen LogP contribution < -0.4 is 10.6 Å². The number of urea groups is 1. The van der Waals surface area contributed by atoms with Crippen molar-refractivity contribution in [1.82, 2.24) is 10.6 Å². The summed E-state index contributed by atoms with van der Waals surface area (Å²) in [6.45, 7) is 0.626. The van der Waals surface area contributed by atoms with Crippen LogP contribution in [0.5, 0.6) is 0 Å². The highest BCUT2D eigenvalue weighted by molar-refractivity contribution is 5.74. The largest absolute Gasteiger partial charge is 0.396 e. The number of nitrogens with one attached hydrogen (secondary N) is 2. The molecule has 1 unspecified atom stereocenters. The highest BCUT2D eigenvalue weighted by Crippen LogP contribution is 2.29. The smallest absolute Gasteiger partial charge is 0.315 e. The minimum absolute atomic E-state index is 0.107. The summed E-state index contributed by atoms with van der Waals surface area (Å²) in [5, 5.41) is 14.7. The number of hydrogen-bond acceptors (Lipinski definition) is 2. The maximum atomic E-state index is 12.0. The normalized spacial score (nSPS) is 16.6. The van der Waals surface area contributed by atoms with Crippen LogP contribution in [-0.2, 0) is 6.42 Å². The van der Waals surface area contributed by atoms with E-state index in [0.29, 0.717) is 18.9 Å². The molecule has 0 radical (unpaired) electrons. The maximum Gasteiger partial charge on any atom is 0.315 e. The van der Waals surface area contributed by atoms with Gasteiger partial charge in [0.15, 0.2) is 0 Å². The Morgan fingerprint density at radius 3 is 2.62 bits per heavy atom. The van der Waals surface area contributed by atoms with E-state index < -0.39 is 0 Å². The van der Waals surface area contributed by atoms with Crippen molar-refractivity contribution >= 4 is 6.03 Å². The van der Waals surface area contributed by atoms with Gasteiger partial charge in [-0.25, -0.2) is 4.79 Å². The number of hydrogen-bond donors (Lipinski definition) is 3. The van der Waals surface area contributed by atoms with Crippen LogP contribution in [0.4, 0.5) is 4.79 Å². The Kier molecular flexibility index (Phi) is 6.54. The van der Waals surface area contributed by atoms with Gasteiger partial charge in [-0.3, -0.25) is 0 Å². The van der Waals surface area contributed by atoms with Gasteiger partial charge in [0.25, 0.3) is 0 Å². The number of aliphatic hydroxyl groups excluding tert-OH is 1. The molecule has 0 aliphatic heterocycles. The first-order valence-electron chi connectivity index (χ1n) is 7.98. The molecule has 1 aromatic carbocycles. The molecule has 1 aromatic rings. The van der Waals surface area contributed by atoms with Crippen molar-refractivity contribution in [3.8, 4) is 0 Å². The second kappa shape index (κ2) is 8.67. The van der Waals surface area contributed by atoms with Gasteiger partial charge in [-0.1, -0.05) is 43.2 Å². The number of aliphatic hydroxyl groups is 1. The summed E-state index contributed by atoms with van der Waals surface area (Å²) < 4.78 is 0. The maximum absolute atomic E-state index is 12.0. The van der Waals surface area contributed by atoms with Crippen molar-refractivity contribution in [3.63, 3.8) is 0 Å². The first kappa shape index (κ1) is 15.8. The average Bonchev–Trinajstić information content (AvgIpc) is 3.02. The highest BCUT2D eigenvalue weighted by Gasteiger charge is 2.26. The summed E-state index contributed by atoms with van der Waals surface area (Å²) in [6.07, 6.45) is 6.43. The van der Waals surface area contributed by atoms with E-state index in [4.69, 9.17) is 5.11 Å². The van der Waals surface area contributed by atoms with E-state index in [1.807, 2.05) is 18.2 Å². The molecule has 1 fully saturated rings. The topological polar surface area (TPSA) is 61.4 Å². The molecule has 116 valence electrons. The van der Waals surface area contributed by atoms with Crippen LogP contribution in [0.1, 0.15) is 37.7 Å². The van der Waals surface area contributed by atoms with Gasteiger partial charge in [-0.05, 0) is 37.2 Å². The molecule has 0 aromatic heterocycles. The van der Waals surface area contributed by atoms with Gasteiger partial charge in [0.1, 0.15) is 0 Å². The lowest BCUT2D eigenvalue weighted by Crippen LogP contribution is -2.46. The molecule has 0 saturated heterocycles. The van der Waals surface area contributed by atoms with Gasteiger partial charge in [-0.2, -0.15) is 0 Å². The fourth-order valence-corrected chi connectivity index (χ4v) is 3.06. The number of amides is 2. The monoisotopic (exact) mass is 290 g/mol. The molecule has 1 atom stereocenters. The van der Waals surface area contributed by atoms with Crippen molar-refractivity contribution in [1.29, 1.82) is 0 Å². The molecule has 3 N–H and O–H groups in total. The molecular formula is C17H26N2O2. The Balaban J connectivity index is 1.90. The molecular weight excluding hydrogens is 264 g/mol. The standard InChI is InChI=1S/C17H26N2O2/c20-12-6-11-18-17(21)19-16(15-9-4-5-10-15)13-14-7-2-1-3-8-14/h1-3,7-8,15-16,20H,4-6,9-13H2,(H2,18,19,21). The lowest BCUT2D eigenvalue weighted by Gasteiger charge is -2.25. The second-order valence-electron chi connectivity index (χ2n) is 5.82. The minimum atomic E-state index is -0.115. The summed E-state index contributed by atoms with van der Waals surface area (Å²) in [5.74, 6) is 0.578. The molecule has 21 heavy (non-hydrogen) atoms. The summed E-state index contributed by atoms with van der Waals surface area (Å²) in [7, 11) is 0. The Hall–Kier alpha value is -1.55. The van der Waals surface area contributed by atoms with Gasteiger partial charge in [-0.15, -0.1) is 0 Å². The summed E-state index contributed by atoms with van der Waals surface area (Å²) in [5.41, 5.74) is 1.27. The summed E-state index contributed by atoms with van der Waals surface area (Å²) >= 11 is 0. The van der Waals surface area contributed by atoms with E-state index in [1.165, 1.54) is 31.2 Å². The molecule has 1 saturated carbocycles. The molecule has 4 heteroatoms. The van der Waals surface area contributed by atoms with E-state index in [-0.39, 0.29) is 18.7 Å². The first-order chi connectivity index (χ1) is 10.3. The van der Waals surface area contributed by atoms with Crippen LogP contribution >= 0.6 is 0 Å². The number of benzene rings is 1. The zero-order valence-electron chi connectivity index (χ0n) is 12.6. The van der Waals surface area contributed by atoms with E-state index in [2.05, 4.69) is 22.8 Å². The molecule has 0 heterocycles. The molecule has 2 rings (SSSR count). The van der Waals surface area contributed by atoms with Crippen molar-refractivity contribution < 1.29 is 9.90 Å². The second-order valence-corrected chi connectivity index (χ2v) is 5.82. The zero-order valence-corrected chi connectivity index (χ0v) is 12.6. The number of carbonyl (C=O) groups excluding carboxylic acids is 1. The van der Waals surface area contributed by atoms with Crippen LogP contribution in [-0.4, -0.2) is 30.3 Å². The van der Waals surface area contributed by atoms with Crippen molar-refractivity contribution in [3.05, 3.63) is 35.9 Å². The number of rotatable bonds is 7. The van der Waals surface area contributed by atoms with Crippen molar-refractivity contribution in [2.75, 3.05) is 13.2 Å². The SMILES string of the molecule is O=C(NCCCO)NC(Cc1ccccc1)C1CCCC1. The van der Waals surface area contributed by atoms with Crippen LogP contribution in [0.15, 0.2) is 30.3 Å². The van der Waals surface area contributed by atoms with E-state index in [1.54, 1.807) is 0 Å². The van der Waals surface area contributed by atoms with Gasteiger partial charge < -0.3 is 15.7 Å². The van der Waals surface area contributed by atoms with Crippen LogP contribution in [0.2, 0.25) is 0 Å². The highest BCUT2D eigenvalue weighted by atomic mass is 16.3. The lowest BCUT2D eigenvalue weighted by molar-refractivity contribution is 0.228. The van der Waals surface area contributed by atoms with E-state index >= 15 is 0 Å². The third-order valence-corrected chi connectivity index (χ3v) is 4.20. The molecule has 1 aliphatic rings. The Labute approximate surface area is 126 Å². The lowest BCUT2D eigenvalue weighted by atomic mass is 9.92. The third-order valence-electron chi connectivity index (χ3n) is 4.20. The Bertz CT molecular complexity index is 416. The Morgan fingerprint density at radius 2 is 1.95 bits per heavy atom. The molecule has 2 amide bonds. The fraction of sp³-hybridized carbons (Fsp3) is 0.588. The summed E-state index contributed by atoms with van der Waals surface area (Å²) in [6, 6.07) is 10.4. The quantitative estimate of drug-likeness (QED) is 0.676. The van der Waals surface area contributed by atoms with Gasteiger partial charge in [0, 0.05) is 19.2 Å². The van der Waals surface area contributed by atoms with Gasteiger partial charge in [0.2, 0.25) is 0 Å². The van der Waals surface area contributed by atoms with Crippen molar-refractivity contribution in [2.24, 2.45) is 5.92 Å². The minimum Gasteiger partial charge on any atom is -0.396 e. The van der Waals surface area contributed by atoms with E-state index in [0.717, 1.165) is 6.42 Å². The first-order valence-corrected chi connectivity index (χ1v) is 7.98. The van der Waals surface area contributed by atoms with E-state index in [9.17, 15) is 4.79 Å². The zero-order chi connectivity index (χ0) is 14.9. The molecule has 0 bridgehead atoms.